The molecule has 0 fully saturated rings. The Labute approximate surface area is 253 Å². The van der Waals surface area contributed by atoms with E-state index in [0.717, 1.165) is 44.1 Å². The van der Waals surface area contributed by atoms with Crippen LogP contribution in [0.1, 0.15) is 177 Å². The number of rotatable bonds is 20. The number of hydrogen-bond acceptors (Lipinski definition) is 3. The molecule has 0 aliphatic heterocycles. The Hall–Kier alpha value is -1.77. The number of fused-ring (bicyclic) bond motifs is 1. The average molecular weight is 567 g/mol. The fourth-order valence-electron chi connectivity index (χ4n) is 7.64. The molecule has 3 atom stereocenters. The lowest BCUT2D eigenvalue weighted by Gasteiger charge is -2.34. The number of carbonyl (C=O) groups excluding carboxylic acids is 3. The molecule has 1 aliphatic rings. The summed E-state index contributed by atoms with van der Waals surface area (Å²) in [6, 6.07) is 2.47. The lowest BCUT2D eigenvalue weighted by atomic mass is 9.70. The van der Waals surface area contributed by atoms with Crippen LogP contribution in [0.3, 0.4) is 0 Å². The summed E-state index contributed by atoms with van der Waals surface area (Å²) in [5.41, 5.74) is 6.31. The molecule has 1 aliphatic carbocycles. The van der Waals surface area contributed by atoms with Gasteiger partial charge in [-0.3, -0.25) is 14.4 Å². The summed E-state index contributed by atoms with van der Waals surface area (Å²) in [4.78, 5) is 38.6. The van der Waals surface area contributed by atoms with E-state index < -0.39 is 0 Å². The van der Waals surface area contributed by atoms with Crippen LogP contribution in [0.15, 0.2) is 6.07 Å². The van der Waals surface area contributed by atoms with Crippen molar-refractivity contribution in [3.8, 4) is 0 Å². The first kappa shape index (κ1) is 35.4. The van der Waals surface area contributed by atoms with E-state index in [0.29, 0.717) is 24.0 Å². The third-order valence-corrected chi connectivity index (χ3v) is 9.79. The van der Waals surface area contributed by atoms with Gasteiger partial charge in [-0.2, -0.15) is 0 Å². The minimum absolute atomic E-state index is 0.0442. The number of carbonyl (C=O) groups is 3. The largest absolute Gasteiger partial charge is 0.300 e. The molecule has 1 aromatic rings. The van der Waals surface area contributed by atoms with Gasteiger partial charge in [0.15, 0.2) is 5.78 Å². The van der Waals surface area contributed by atoms with Crippen molar-refractivity contribution in [3.63, 3.8) is 0 Å². The molecule has 41 heavy (non-hydrogen) atoms. The number of Topliss-reactive ketones (excluding diaryl/α,β-unsaturated/α-hetero) is 3. The molecule has 0 aromatic heterocycles. The first-order valence-electron chi connectivity index (χ1n) is 17.3. The SMILES string of the molecule is CCCCCC(CCCCC)Cc1cc(C(C)C)c2c(c1C)C(=O)CC(CC(CCC)C(CC)C(=O)CC(C)=O)C2. The molecule has 0 heterocycles. The van der Waals surface area contributed by atoms with Crippen molar-refractivity contribution < 1.29 is 14.4 Å². The summed E-state index contributed by atoms with van der Waals surface area (Å²) in [5.74, 6) is 1.86. The van der Waals surface area contributed by atoms with Gasteiger partial charge in [0, 0.05) is 17.9 Å². The van der Waals surface area contributed by atoms with E-state index >= 15 is 0 Å². The van der Waals surface area contributed by atoms with Crippen molar-refractivity contribution in [1.29, 1.82) is 0 Å². The fourth-order valence-corrected chi connectivity index (χ4v) is 7.64. The summed E-state index contributed by atoms with van der Waals surface area (Å²) < 4.78 is 0. The molecular formula is C38H62O3. The second-order valence-electron chi connectivity index (χ2n) is 13.7. The highest BCUT2D eigenvalue weighted by atomic mass is 16.1. The molecule has 3 heteroatoms. The minimum Gasteiger partial charge on any atom is -0.300 e. The Morgan fingerprint density at radius 1 is 0.902 bits per heavy atom. The van der Waals surface area contributed by atoms with Crippen molar-refractivity contribution in [2.75, 3.05) is 0 Å². The Kier molecular flexibility index (Phi) is 15.6. The molecule has 232 valence electrons. The predicted octanol–water partition coefficient (Wildman–Crippen LogP) is 10.6. The van der Waals surface area contributed by atoms with Crippen LogP contribution in [0, 0.1) is 30.6 Å². The van der Waals surface area contributed by atoms with E-state index in [9.17, 15) is 14.4 Å². The van der Waals surface area contributed by atoms with Gasteiger partial charge in [-0.1, -0.05) is 112 Å². The molecule has 0 saturated heterocycles. The maximum Gasteiger partial charge on any atom is 0.163 e. The van der Waals surface area contributed by atoms with Crippen molar-refractivity contribution in [1.82, 2.24) is 0 Å². The van der Waals surface area contributed by atoms with Crippen LogP contribution in [0.4, 0.5) is 0 Å². The minimum atomic E-state index is -0.0821. The first-order chi connectivity index (χ1) is 19.6. The zero-order chi connectivity index (χ0) is 30.5. The maximum absolute atomic E-state index is 13.9. The topological polar surface area (TPSA) is 51.2 Å². The summed E-state index contributed by atoms with van der Waals surface area (Å²) >= 11 is 0. The van der Waals surface area contributed by atoms with Crippen LogP contribution >= 0.6 is 0 Å². The van der Waals surface area contributed by atoms with E-state index in [1.807, 2.05) is 0 Å². The van der Waals surface area contributed by atoms with E-state index in [1.165, 1.54) is 80.5 Å². The van der Waals surface area contributed by atoms with Crippen molar-refractivity contribution in [2.24, 2.45) is 23.7 Å². The molecular weight excluding hydrogens is 504 g/mol. The predicted molar refractivity (Wildman–Crippen MR) is 174 cm³/mol. The molecule has 3 unspecified atom stereocenters. The highest BCUT2D eigenvalue weighted by molar-refractivity contribution is 6.01. The summed E-state index contributed by atoms with van der Waals surface area (Å²) in [6.45, 7) is 17.1. The summed E-state index contributed by atoms with van der Waals surface area (Å²) in [5, 5.41) is 0. The number of benzene rings is 1. The molecule has 0 bridgehead atoms. The average Bonchev–Trinajstić information content (AvgIpc) is 2.90. The zero-order valence-electron chi connectivity index (χ0n) is 28.0. The second-order valence-corrected chi connectivity index (χ2v) is 13.7. The molecule has 0 N–H and O–H groups in total. The van der Waals surface area contributed by atoms with Gasteiger partial charge < -0.3 is 0 Å². The third kappa shape index (κ3) is 10.5. The highest BCUT2D eigenvalue weighted by Gasteiger charge is 2.35. The molecule has 0 amide bonds. The van der Waals surface area contributed by atoms with Gasteiger partial charge in [0.25, 0.3) is 0 Å². The van der Waals surface area contributed by atoms with Crippen molar-refractivity contribution in [2.45, 2.75) is 164 Å². The van der Waals surface area contributed by atoms with Crippen LogP contribution in [-0.4, -0.2) is 17.3 Å². The van der Waals surface area contributed by atoms with Crippen LogP contribution < -0.4 is 0 Å². The molecule has 2 rings (SSSR count). The Bertz CT molecular complexity index is 978. The summed E-state index contributed by atoms with van der Waals surface area (Å²) in [6.07, 6.45) is 16.7. The Morgan fingerprint density at radius 3 is 2.05 bits per heavy atom. The van der Waals surface area contributed by atoms with E-state index in [4.69, 9.17) is 0 Å². The first-order valence-corrected chi connectivity index (χ1v) is 17.3. The van der Waals surface area contributed by atoms with Crippen LogP contribution in [0.2, 0.25) is 0 Å². The van der Waals surface area contributed by atoms with Crippen molar-refractivity contribution in [3.05, 3.63) is 33.9 Å². The van der Waals surface area contributed by atoms with Crippen LogP contribution in [0.5, 0.6) is 0 Å². The molecule has 0 saturated carbocycles. The van der Waals surface area contributed by atoms with Gasteiger partial charge in [-0.25, -0.2) is 0 Å². The van der Waals surface area contributed by atoms with Gasteiger partial charge in [0.1, 0.15) is 11.6 Å². The monoisotopic (exact) mass is 566 g/mol. The Morgan fingerprint density at radius 2 is 1.54 bits per heavy atom. The fraction of sp³-hybridized carbons (Fsp3) is 0.763. The number of hydrogen-bond donors (Lipinski definition) is 0. The van der Waals surface area contributed by atoms with Crippen LogP contribution in [0.25, 0.3) is 0 Å². The van der Waals surface area contributed by atoms with Gasteiger partial charge in [-0.15, -0.1) is 0 Å². The van der Waals surface area contributed by atoms with Gasteiger partial charge in [-0.05, 0) is 85.5 Å². The quantitative estimate of drug-likeness (QED) is 0.116. The molecule has 0 radical (unpaired) electrons. The smallest absolute Gasteiger partial charge is 0.163 e. The standard InChI is InChI=1S/C38H62O3/c1-9-13-15-18-29(19-16-14-10-2)21-32-25-34(26(5)6)35-23-30(24-37(41)38(35)28(32)8)22-31(17-11-3)33(12-4)36(40)20-27(7)39/h25-26,29-31,33H,9-24H2,1-8H3. The summed E-state index contributed by atoms with van der Waals surface area (Å²) in [7, 11) is 0. The third-order valence-electron chi connectivity index (χ3n) is 9.79. The lowest BCUT2D eigenvalue weighted by molar-refractivity contribution is -0.129. The molecule has 0 spiro atoms. The van der Waals surface area contributed by atoms with E-state index in [1.54, 1.807) is 0 Å². The van der Waals surface area contributed by atoms with E-state index in [2.05, 4.69) is 54.5 Å². The lowest BCUT2D eigenvalue weighted by Crippen LogP contribution is -2.30. The molecule has 3 nitrogen and oxygen atoms in total. The van der Waals surface area contributed by atoms with Gasteiger partial charge >= 0.3 is 0 Å². The van der Waals surface area contributed by atoms with Gasteiger partial charge in [0.2, 0.25) is 0 Å². The van der Waals surface area contributed by atoms with E-state index in [-0.39, 0.29) is 35.7 Å². The number of ketones is 3. The van der Waals surface area contributed by atoms with Crippen molar-refractivity contribution >= 4 is 17.3 Å². The zero-order valence-corrected chi connectivity index (χ0v) is 28.0. The Balaban J connectivity index is 2.37. The van der Waals surface area contributed by atoms with Crippen LogP contribution in [-0.2, 0) is 22.4 Å². The highest BCUT2D eigenvalue weighted by Crippen LogP contribution is 2.40. The second kappa shape index (κ2) is 18.0. The molecule has 1 aromatic carbocycles. The normalized spacial score (nSPS) is 16.7. The maximum atomic E-state index is 13.9. The van der Waals surface area contributed by atoms with Gasteiger partial charge in [0.05, 0.1) is 6.42 Å². The number of unbranched alkanes of at least 4 members (excludes halogenated alkanes) is 4.